The van der Waals surface area contributed by atoms with Crippen LogP contribution in [-0.2, 0) is 5.60 Å². The van der Waals surface area contributed by atoms with Gasteiger partial charge in [-0.1, -0.05) is 97.1 Å². The summed E-state index contributed by atoms with van der Waals surface area (Å²) in [5.41, 5.74) is 4.20. The molecule has 2 nitrogen and oxygen atoms in total. The maximum absolute atomic E-state index is 12.1. The van der Waals surface area contributed by atoms with Crippen LogP contribution < -0.4 is 4.90 Å². The Morgan fingerprint density at radius 3 is 1.90 bits per heavy atom. The Morgan fingerprint density at radius 2 is 1.21 bits per heavy atom. The average molecular weight is 377 g/mol. The summed E-state index contributed by atoms with van der Waals surface area (Å²) in [5.74, 6) is 0. The van der Waals surface area contributed by atoms with Gasteiger partial charge >= 0.3 is 0 Å². The molecular weight excluding hydrogens is 354 g/mol. The summed E-state index contributed by atoms with van der Waals surface area (Å²) in [4.78, 5) is 2.36. The first kappa shape index (κ1) is 17.7. The molecule has 142 valence electrons. The summed E-state index contributed by atoms with van der Waals surface area (Å²) in [6.07, 6.45) is 0.576. The quantitative estimate of drug-likeness (QED) is 0.459. The molecule has 1 aliphatic rings. The Bertz CT molecular complexity index is 1090. The normalized spacial score (nSPS) is 20.9. The maximum atomic E-state index is 12.1. The van der Waals surface area contributed by atoms with Crippen LogP contribution in [0.2, 0.25) is 0 Å². The summed E-state index contributed by atoms with van der Waals surface area (Å²) >= 11 is 0. The number of rotatable bonds is 3. The number of benzene rings is 4. The molecule has 0 fully saturated rings. The topological polar surface area (TPSA) is 23.5 Å². The molecule has 2 heteroatoms. The van der Waals surface area contributed by atoms with E-state index in [1.807, 2.05) is 54.6 Å². The lowest BCUT2D eigenvalue weighted by atomic mass is 9.75. The highest BCUT2D eigenvalue weighted by Crippen LogP contribution is 2.52. The van der Waals surface area contributed by atoms with Crippen molar-refractivity contribution in [3.05, 3.63) is 132 Å². The van der Waals surface area contributed by atoms with Crippen molar-refractivity contribution in [2.24, 2.45) is 0 Å². The van der Waals surface area contributed by atoms with Crippen molar-refractivity contribution in [1.29, 1.82) is 0 Å². The SMILES string of the molecule is O[C@@]1(c2ccccc2)C[C@H](c2ccccc2)N(c2ccccc2)c2ccccc21. The summed E-state index contributed by atoms with van der Waals surface area (Å²) in [7, 11) is 0. The molecule has 0 unspecified atom stereocenters. The fourth-order valence-electron chi connectivity index (χ4n) is 4.52. The van der Waals surface area contributed by atoms with Crippen LogP contribution in [0.15, 0.2) is 115 Å². The van der Waals surface area contributed by atoms with E-state index in [2.05, 4.69) is 65.6 Å². The second-order valence-corrected chi connectivity index (χ2v) is 7.58. The third-order valence-electron chi connectivity index (χ3n) is 5.88. The first-order valence-electron chi connectivity index (χ1n) is 10.0. The third-order valence-corrected chi connectivity index (χ3v) is 5.88. The number of para-hydroxylation sites is 2. The smallest absolute Gasteiger partial charge is 0.119 e. The fourth-order valence-corrected chi connectivity index (χ4v) is 4.52. The standard InChI is InChI=1S/C27H23NO/c29-27(22-14-6-2-7-15-22)20-26(21-12-4-1-5-13-21)28(23-16-8-3-9-17-23)25-19-11-10-18-24(25)27/h1-19,26,29H,20H2/t26-,27-/m1/s1. The number of nitrogens with zero attached hydrogens (tertiary/aromatic N) is 1. The average Bonchev–Trinajstić information content (AvgIpc) is 2.81. The van der Waals surface area contributed by atoms with E-state index >= 15 is 0 Å². The lowest BCUT2D eigenvalue weighted by molar-refractivity contribution is 0.0578. The predicted molar refractivity (Wildman–Crippen MR) is 118 cm³/mol. The molecule has 0 spiro atoms. The number of fused-ring (bicyclic) bond motifs is 1. The van der Waals surface area contributed by atoms with E-state index < -0.39 is 5.60 Å². The highest BCUT2D eigenvalue weighted by atomic mass is 16.3. The van der Waals surface area contributed by atoms with Crippen molar-refractivity contribution in [1.82, 2.24) is 0 Å². The minimum absolute atomic E-state index is 0.0127. The highest BCUT2D eigenvalue weighted by Gasteiger charge is 2.44. The number of anilines is 2. The van der Waals surface area contributed by atoms with Gasteiger partial charge < -0.3 is 10.0 Å². The van der Waals surface area contributed by atoms with Gasteiger partial charge in [-0.3, -0.25) is 0 Å². The van der Waals surface area contributed by atoms with Gasteiger partial charge in [-0.2, -0.15) is 0 Å². The number of hydrogen-bond acceptors (Lipinski definition) is 2. The molecule has 4 aromatic rings. The van der Waals surface area contributed by atoms with Gasteiger partial charge in [-0.15, -0.1) is 0 Å². The van der Waals surface area contributed by atoms with Gasteiger partial charge in [0.25, 0.3) is 0 Å². The first-order valence-corrected chi connectivity index (χ1v) is 10.0. The van der Waals surface area contributed by atoms with Gasteiger partial charge in [0, 0.05) is 23.4 Å². The van der Waals surface area contributed by atoms with Crippen LogP contribution in [0.1, 0.15) is 29.2 Å². The molecule has 29 heavy (non-hydrogen) atoms. The Hall–Kier alpha value is -3.36. The van der Waals surface area contributed by atoms with E-state index in [-0.39, 0.29) is 6.04 Å². The van der Waals surface area contributed by atoms with E-state index in [1.165, 1.54) is 5.56 Å². The van der Waals surface area contributed by atoms with Gasteiger partial charge in [-0.25, -0.2) is 0 Å². The summed E-state index contributed by atoms with van der Waals surface area (Å²) in [5, 5.41) is 12.1. The molecule has 0 bridgehead atoms. The van der Waals surface area contributed by atoms with Crippen LogP contribution in [0, 0.1) is 0 Å². The second-order valence-electron chi connectivity index (χ2n) is 7.58. The zero-order valence-corrected chi connectivity index (χ0v) is 16.1. The lowest BCUT2D eigenvalue weighted by Crippen LogP contribution is -2.41. The van der Waals surface area contributed by atoms with E-state index in [0.717, 1.165) is 22.5 Å². The minimum atomic E-state index is -1.05. The van der Waals surface area contributed by atoms with Crippen LogP contribution in [0.3, 0.4) is 0 Å². The molecule has 0 amide bonds. The van der Waals surface area contributed by atoms with Crippen LogP contribution in [0.25, 0.3) is 0 Å². The third kappa shape index (κ3) is 3.02. The molecule has 1 N–H and O–H groups in total. The molecule has 2 atom stereocenters. The molecule has 0 aromatic heterocycles. The van der Waals surface area contributed by atoms with Crippen molar-refractivity contribution in [2.75, 3.05) is 4.90 Å². The van der Waals surface area contributed by atoms with E-state index in [4.69, 9.17) is 0 Å². The molecular formula is C27H23NO. The Balaban J connectivity index is 1.76. The largest absolute Gasteiger partial charge is 0.380 e. The van der Waals surface area contributed by atoms with E-state index in [9.17, 15) is 5.11 Å². The predicted octanol–water partition coefficient (Wildman–Crippen LogP) is 6.21. The number of hydrogen-bond donors (Lipinski definition) is 1. The Kier molecular flexibility index (Phi) is 4.42. The van der Waals surface area contributed by atoms with Crippen molar-refractivity contribution >= 4 is 11.4 Å². The zero-order valence-electron chi connectivity index (χ0n) is 16.1. The maximum Gasteiger partial charge on any atom is 0.119 e. The van der Waals surface area contributed by atoms with Gasteiger partial charge in [-0.05, 0) is 29.3 Å². The van der Waals surface area contributed by atoms with Gasteiger partial charge in [0.15, 0.2) is 0 Å². The first-order chi connectivity index (χ1) is 14.3. The summed E-state index contributed by atoms with van der Waals surface area (Å²) < 4.78 is 0. The second kappa shape index (κ2) is 7.23. The monoisotopic (exact) mass is 377 g/mol. The molecule has 0 aliphatic carbocycles. The molecule has 4 aromatic carbocycles. The molecule has 0 saturated heterocycles. The van der Waals surface area contributed by atoms with Crippen LogP contribution in [0.5, 0.6) is 0 Å². The van der Waals surface area contributed by atoms with Crippen molar-refractivity contribution in [2.45, 2.75) is 18.1 Å². The Morgan fingerprint density at radius 1 is 0.655 bits per heavy atom. The van der Waals surface area contributed by atoms with E-state index in [1.54, 1.807) is 0 Å². The van der Waals surface area contributed by atoms with E-state index in [0.29, 0.717) is 6.42 Å². The highest BCUT2D eigenvalue weighted by molar-refractivity contribution is 5.72. The van der Waals surface area contributed by atoms with Gasteiger partial charge in [0.05, 0.1) is 6.04 Å². The molecule has 5 rings (SSSR count). The lowest BCUT2D eigenvalue weighted by Gasteiger charge is -2.47. The van der Waals surface area contributed by atoms with Crippen molar-refractivity contribution < 1.29 is 5.11 Å². The van der Waals surface area contributed by atoms with Crippen LogP contribution in [0.4, 0.5) is 11.4 Å². The number of aliphatic hydroxyl groups is 1. The van der Waals surface area contributed by atoms with Crippen molar-refractivity contribution in [3.63, 3.8) is 0 Å². The Labute approximate surface area is 171 Å². The molecule has 0 radical (unpaired) electrons. The van der Waals surface area contributed by atoms with Crippen LogP contribution >= 0.6 is 0 Å². The van der Waals surface area contributed by atoms with Gasteiger partial charge in [0.2, 0.25) is 0 Å². The minimum Gasteiger partial charge on any atom is -0.380 e. The summed E-state index contributed by atoms with van der Waals surface area (Å²) in [6.45, 7) is 0. The fraction of sp³-hybridized carbons (Fsp3) is 0.111. The van der Waals surface area contributed by atoms with Gasteiger partial charge in [0.1, 0.15) is 5.60 Å². The molecule has 0 saturated carbocycles. The summed E-state index contributed by atoms with van der Waals surface area (Å²) in [6, 6.07) is 39.2. The molecule has 1 aliphatic heterocycles. The molecule has 1 heterocycles. The van der Waals surface area contributed by atoms with Crippen LogP contribution in [-0.4, -0.2) is 5.11 Å². The van der Waals surface area contributed by atoms with Crippen molar-refractivity contribution in [3.8, 4) is 0 Å². The zero-order chi connectivity index (χ0) is 19.7.